The van der Waals surface area contributed by atoms with Crippen LogP contribution in [0.15, 0.2) is 33.6 Å². The molecule has 0 radical (unpaired) electrons. The lowest BCUT2D eigenvalue weighted by atomic mass is 10.3. The van der Waals surface area contributed by atoms with Gasteiger partial charge < -0.3 is 0 Å². The number of halogens is 1. The second-order valence-corrected chi connectivity index (χ2v) is 3.94. The third-order valence-corrected chi connectivity index (χ3v) is 2.34. The summed E-state index contributed by atoms with van der Waals surface area (Å²) >= 11 is 4.19. The third kappa shape index (κ3) is 1.54. The third-order valence-electron chi connectivity index (χ3n) is 1.12. The van der Waals surface area contributed by atoms with Crippen LogP contribution in [0.1, 0.15) is 6.85 Å². The van der Waals surface area contributed by atoms with E-state index in [1.165, 1.54) is 0 Å². The van der Waals surface area contributed by atoms with Gasteiger partial charge in [-0.3, -0.25) is 4.98 Å². The fraction of sp³-hybridized carbons (Fsp3) is 0. The molecule has 0 saturated carbocycles. The molecule has 0 unspecified atom stereocenters. The molecule has 0 atom stereocenters. The smallest absolute Gasteiger partial charge is 0.159 e. The van der Waals surface area contributed by atoms with Crippen LogP contribution in [-0.2, 0) is 0 Å². The molecule has 0 aromatic carbocycles. The second-order valence-electron chi connectivity index (χ2n) is 1.86. The maximum absolute atomic E-state index is 7.69. The average Bonchev–Trinajstić information content (AvgIpc) is 2.60. The molecule has 0 fully saturated rings. The Labute approximate surface area is 89.5 Å². The highest BCUT2D eigenvalue weighted by Gasteiger charge is 2.01. The van der Waals surface area contributed by atoms with Gasteiger partial charge in [-0.15, -0.1) is 11.3 Å². The van der Waals surface area contributed by atoms with E-state index in [0.717, 1.165) is 11.3 Å². The number of hydrogen-bond donors (Lipinski definition) is 0. The van der Waals surface area contributed by atoms with Gasteiger partial charge in [0, 0.05) is 11.5 Å². The molecule has 12 heavy (non-hydrogen) atoms. The van der Waals surface area contributed by atoms with E-state index in [1.807, 2.05) is 0 Å². The minimum Gasteiger partial charge on any atom is -0.255 e. The maximum atomic E-state index is 7.69. The first kappa shape index (κ1) is 3.98. The van der Waals surface area contributed by atoms with E-state index in [1.54, 1.807) is 0 Å². The van der Waals surface area contributed by atoms with Gasteiger partial charge in [-0.25, -0.2) is 4.98 Å². The Bertz CT molecular complexity index is 600. The molecule has 0 aliphatic heterocycles. The zero-order chi connectivity index (χ0) is 12.7. The number of aromatic nitrogens is 2. The minimum absolute atomic E-state index is 0.00273. The molecule has 0 aliphatic rings. The van der Waals surface area contributed by atoms with Gasteiger partial charge >= 0.3 is 0 Å². The summed E-state index contributed by atoms with van der Waals surface area (Å²) in [5, 5.41) is 0.106. The van der Waals surface area contributed by atoms with Crippen molar-refractivity contribution < 1.29 is 6.85 Å². The first-order valence-corrected chi connectivity index (χ1v) is 4.60. The quantitative estimate of drug-likeness (QED) is 0.773. The van der Waals surface area contributed by atoms with E-state index >= 15 is 0 Å². The van der Waals surface area contributed by atoms with Crippen LogP contribution < -0.4 is 0 Å². The minimum atomic E-state index is -0.389. The van der Waals surface area contributed by atoms with Crippen LogP contribution in [-0.4, -0.2) is 9.97 Å². The summed E-state index contributed by atoms with van der Waals surface area (Å²) in [5.41, 5.74) is 0.164. The van der Waals surface area contributed by atoms with Gasteiger partial charge in [0.25, 0.3) is 0 Å². The lowest BCUT2D eigenvalue weighted by Crippen LogP contribution is -1.80. The zero-order valence-corrected chi connectivity index (χ0v) is 8.08. The maximum Gasteiger partial charge on any atom is 0.159 e. The predicted molar refractivity (Wildman–Crippen MR) is 53.0 cm³/mol. The van der Waals surface area contributed by atoms with Gasteiger partial charge in [-0.2, -0.15) is 0 Å². The van der Waals surface area contributed by atoms with Crippen molar-refractivity contribution in [2.75, 3.05) is 0 Å². The number of rotatable bonds is 1. The lowest BCUT2D eigenvalue weighted by Gasteiger charge is -1.91. The van der Waals surface area contributed by atoms with Crippen molar-refractivity contribution in [3.8, 4) is 11.4 Å². The number of thiazole rings is 1. The normalized spacial score (nSPS) is 15.9. The van der Waals surface area contributed by atoms with Crippen molar-refractivity contribution in [3.05, 3.63) is 33.6 Å². The summed E-state index contributed by atoms with van der Waals surface area (Å²) < 4.78 is 38.1. The summed E-state index contributed by atoms with van der Waals surface area (Å²) in [6.07, 6.45) is -0.385. The number of nitrogens with zero attached hydrogens (tertiary/aromatic N) is 2. The van der Waals surface area contributed by atoms with Crippen molar-refractivity contribution in [2.45, 2.75) is 0 Å². The highest BCUT2D eigenvalue weighted by Crippen LogP contribution is 2.22. The van der Waals surface area contributed by atoms with Crippen LogP contribution in [0, 0.1) is 0 Å². The molecule has 2 aromatic rings. The van der Waals surface area contributed by atoms with E-state index < -0.39 is 0 Å². The van der Waals surface area contributed by atoms with Crippen LogP contribution in [0.2, 0.25) is 0 Å². The van der Waals surface area contributed by atoms with Crippen LogP contribution in [0.25, 0.3) is 11.4 Å². The summed E-state index contributed by atoms with van der Waals surface area (Å²) in [7, 11) is 0. The molecule has 2 aromatic heterocycles. The SMILES string of the molecule is [2H]c1nc(-c2nc(Br)sc2[2H])c([2H])c([2H])c1[2H]. The van der Waals surface area contributed by atoms with Gasteiger partial charge in [0.05, 0.1) is 12.5 Å². The molecule has 0 N–H and O–H groups in total. The molecule has 2 nitrogen and oxygen atoms in total. The van der Waals surface area contributed by atoms with Gasteiger partial charge in [0.1, 0.15) is 5.69 Å². The summed E-state index contributed by atoms with van der Waals surface area (Å²) in [5.74, 6) is 0. The number of pyridine rings is 1. The van der Waals surface area contributed by atoms with Crippen molar-refractivity contribution in [3.63, 3.8) is 0 Å². The molecule has 4 heteroatoms. The van der Waals surface area contributed by atoms with Gasteiger partial charge in [-0.05, 0) is 28.0 Å². The topological polar surface area (TPSA) is 25.8 Å². The molecule has 2 rings (SSSR count). The number of hydrogen-bond acceptors (Lipinski definition) is 3. The monoisotopic (exact) mass is 245 g/mol. The fourth-order valence-electron chi connectivity index (χ4n) is 0.668. The largest absolute Gasteiger partial charge is 0.255 e. The Balaban J connectivity index is 2.72. The van der Waals surface area contributed by atoms with Crippen LogP contribution >= 0.6 is 27.3 Å². The summed E-state index contributed by atoms with van der Waals surface area (Å²) in [4.78, 5) is 7.74. The molecule has 0 saturated heterocycles. The first-order valence-electron chi connectivity index (χ1n) is 5.49. The zero-order valence-electron chi connectivity index (χ0n) is 10.7. The van der Waals surface area contributed by atoms with Crippen molar-refractivity contribution >= 4 is 27.3 Å². The van der Waals surface area contributed by atoms with Gasteiger partial charge in [0.2, 0.25) is 0 Å². The summed E-state index contributed by atoms with van der Waals surface area (Å²) in [6, 6.07) is -1.04. The average molecular weight is 246 g/mol. The van der Waals surface area contributed by atoms with Gasteiger partial charge in [-0.1, -0.05) is 6.04 Å². The Morgan fingerprint density at radius 2 is 2.33 bits per heavy atom. The molecule has 0 aliphatic carbocycles. The van der Waals surface area contributed by atoms with Crippen LogP contribution in [0.3, 0.4) is 0 Å². The van der Waals surface area contributed by atoms with Crippen molar-refractivity contribution in [2.24, 2.45) is 0 Å². The lowest BCUT2D eigenvalue weighted by molar-refractivity contribution is 1.27. The fourth-order valence-corrected chi connectivity index (χ4v) is 1.55. The van der Waals surface area contributed by atoms with Crippen molar-refractivity contribution in [1.82, 2.24) is 9.97 Å². The molecule has 0 amide bonds. The highest BCUT2D eigenvalue weighted by atomic mass is 79.9. The highest BCUT2D eigenvalue weighted by molar-refractivity contribution is 9.11. The Morgan fingerprint density at radius 3 is 3.08 bits per heavy atom. The Kier molecular flexibility index (Phi) is 1.10. The molecule has 2 heterocycles. The van der Waals surface area contributed by atoms with E-state index in [0.29, 0.717) is 3.92 Å². The van der Waals surface area contributed by atoms with Crippen LogP contribution in [0.5, 0.6) is 0 Å². The molecule has 0 bridgehead atoms. The molecular weight excluding hydrogens is 236 g/mol. The van der Waals surface area contributed by atoms with Crippen molar-refractivity contribution in [1.29, 1.82) is 0 Å². The van der Waals surface area contributed by atoms with Crippen LogP contribution in [0.4, 0.5) is 0 Å². The predicted octanol–water partition coefficient (Wildman–Crippen LogP) is 2.97. The standard InChI is InChI=1S/C8H5BrN2S/c9-8-11-7(5-12-8)6-3-1-2-4-10-6/h1-5H/i1D,2D,3D,4D,5D. The summed E-state index contributed by atoms with van der Waals surface area (Å²) in [6.45, 7) is 0. The van der Waals surface area contributed by atoms with E-state index in [2.05, 4.69) is 25.9 Å². The Morgan fingerprint density at radius 1 is 1.42 bits per heavy atom. The van der Waals surface area contributed by atoms with E-state index in [9.17, 15) is 0 Å². The van der Waals surface area contributed by atoms with E-state index in [-0.39, 0.29) is 41.0 Å². The molecule has 60 valence electrons. The molecule has 0 spiro atoms. The Hall–Kier alpha value is -0.740. The van der Waals surface area contributed by atoms with Gasteiger partial charge in [0.15, 0.2) is 3.92 Å². The van der Waals surface area contributed by atoms with E-state index in [4.69, 9.17) is 6.85 Å². The first-order chi connectivity index (χ1) is 7.91. The molecular formula is C8H5BrN2S. The second kappa shape index (κ2) is 3.33.